The monoisotopic (exact) mass is 311 g/mol. The molecule has 18 heavy (non-hydrogen) atoms. The van der Waals surface area contributed by atoms with E-state index < -0.39 is 0 Å². The molecule has 0 atom stereocenters. The zero-order valence-electron chi connectivity index (χ0n) is 10.2. The number of hydrogen-bond acceptors (Lipinski definition) is 5. The molecule has 1 N–H and O–H groups in total. The Bertz CT molecular complexity index is 528. The van der Waals surface area contributed by atoms with E-state index in [4.69, 9.17) is 4.74 Å². The Morgan fingerprint density at radius 3 is 3.00 bits per heavy atom. The Kier molecular flexibility index (Phi) is 4.27. The lowest BCUT2D eigenvalue weighted by Crippen LogP contribution is -2.16. The summed E-state index contributed by atoms with van der Waals surface area (Å²) in [6, 6.07) is 5.67. The highest BCUT2D eigenvalue weighted by molar-refractivity contribution is 9.10. The fraction of sp³-hybridized carbons (Fsp3) is 0.364. The number of methoxy groups -OCH3 is 1. The Morgan fingerprint density at radius 1 is 1.44 bits per heavy atom. The minimum atomic E-state index is 0.618. The number of nitrogens with zero attached hydrogens (tertiary/aromatic N) is 4. The molecule has 1 heterocycles. The van der Waals surface area contributed by atoms with Gasteiger partial charge >= 0.3 is 0 Å². The van der Waals surface area contributed by atoms with Crippen LogP contribution >= 0.6 is 15.9 Å². The summed E-state index contributed by atoms with van der Waals surface area (Å²) in [5, 5.41) is 14.9. The van der Waals surface area contributed by atoms with E-state index in [2.05, 4.69) is 36.8 Å². The number of halogens is 1. The van der Waals surface area contributed by atoms with E-state index in [0.717, 1.165) is 28.3 Å². The molecule has 1 aromatic heterocycles. The van der Waals surface area contributed by atoms with Crippen LogP contribution in [0.1, 0.15) is 12.7 Å². The zero-order valence-corrected chi connectivity index (χ0v) is 11.8. The van der Waals surface area contributed by atoms with Crippen LogP contribution in [0.5, 0.6) is 5.75 Å². The maximum absolute atomic E-state index is 5.21. The number of tetrazole rings is 1. The molecule has 96 valence electrons. The van der Waals surface area contributed by atoms with Crippen molar-refractivity contribution in [2.45, 2.75) is 13.5 Å². The number of rotatable bonds is 5. The first-order valence-electron chi connectivity index (χ1n) is 5.58. The zero-order chi connectivity index (χ0) is 13.0. The summed E-state index contributed by atoms with van der Waals surface area (Å²) in [5.41, 5.74) is 0.854. The van der Waals surface area contributed by atoms with E-state index in [-0.39, 0.29) is 0 Å². The standard InChI is InChI=1S/C11H14BrN5O/c1-3-13-7-11-14-15-16-17(11)10-6-8(18-2)4-5-9(10)12/h4-6,13H,3,7H2,1-2H3. The first kappa shape index (κ1) is 13.0. The van der Waals surface area contributed by atoms with Gasteiger partial charge < -0.3 is 10.1 Å². The Hall–Kier alpha value is -1.47. The highest BCUT2D eigenvalue weighted by Crippen LogP contribution is 2.25. The molecule has 0 amide bonds. The van der Waals surface area contributed by atoms with Gasteiger partial charge in [-0.2, -0.15) is 4.68 Å². The maximum atomic E-state index is 5.21. The van der Waals surface area contributed by atoms with Crippen LogP contribution in [0.15, 0.2) is 22.7 Å². The topological polar surface area (TPSA) is 64.9 Å². The van der Waals surface area contributed by atoms with Crippen molar-refractivity contribution >= 4 is 15.9 Å². The highest BCUT2D eigenvalue weighted by Gasteiger charge is 2.11. The highest BCUT2D eigenvalue weighted by atomic mass is 79.9. The molecular formula is C11H14BrN5O. The van der Waals surface area contributed by atoms with Gasteiger partial charge in [0.1, 0.15) is 5.75 Å². The minimum absolute atomic E-state index is 0.618. The van der Waals surface area contributed by atoms with Crippen LogP contribution < -0.4 is 10.1 Å². The molecule has 0 aliphatic carbocycles. The predicted molar refractivity (Wildman–Crippen MR) is 70.8 cm³/mol. The van der Waals surface area contributed by atoms with E-state index in [9.17, 15) is 0 Å². The van der Waals surface area contributed by atoms with Crippen molar-refractivity contribution < 1.29 is 4.74 Å². The van der Waals surface area contributed by atoms with Crippen molar-refractivity contribution in [3.63, 3.8) is 0 Å². The molecular weight excluding hydrogens is 298 g/mol. The predicted octanol–water partition coefficient (Wildman–Crippen LogP) is 1.54. The summed E-state index contributed by atoms with van der Waals surface area (Å²) in [6.45, 7) is 3.52. The molecule has 0 spiro atoms. The molecule has 0 saturated heterocycles. The number of nitrogens with one attached hydrogen (secondary N) is 1. The fourth-order valence-corrected chi connectivity index (χ4v) is 1.94. The van der Waals surface area contributed by atoms with Gasteiger partial charge in [-0.1, -0.05) is 6.92 Å². The second kappa shape index (κ2) is 5.92. The third-order valence-corrected chi connectivity index (χ3v) is 3.12. The first-order valence-corrected chi connectivity index (χ1v) is 6.37. The van der Waals surface area contributed by atoms with Crippen molar-refractivity contribution in [2.75, 3.05) is 13.7 Å². The molecule has 1 aromatic carbocycles. The van der Waals surface area contributed by atoms with E-state index in [0.29, 0.717) is 6.54 Å². The van der Waals surface area contributed by atoms with Crippen molar-refractivity contribution in [3.05, 3.63) is 28.5 Å². The molecule has 2 aromatic rings. The number of benzene rings is 1. The Morgan fingerprint density at radius 2 is 2.28 bits per heavy atom. The van der Waals surface area contributed by atoms with Gasteiger partial charge in [0, 0.05) is 10.5 Å². The lowest BCUT2D eigenvalue weighted by molar-refractivity contribution is 0.414. The van der Waals surface area contributed by atoms with Crippen LogP contribution in [0.3, 0.4) is 0 Å². The average molecular weight is 312 g/mol. The summed E-state index contributed by atoms with van der Waals surface area (Å²) in [6.07, 6.45) is 0. The van der Waals surface area contributed by atoms with Crippen molar-refractivity contribution in [2.24, 2.45) is 0 Å². The van der Waals surface area contributed by atoms with Gasteiger partial charge in [-0.25, -0.2) is 0 Å². The van der Waals surface area contributed by atoms with Crippen LogP contribution in [0, 0.1) is 0 Å². The maximum Gasteiger partial charge on any atom is 0.170 e. The fourth-order valence-electron chi connectivity index (χ4n) is 1.52. The molecule has 0 aliphatic rings. The molecule has 0 aliphatic heterocycles. The third-order valence-electron chi connectivity index (χ3n) is 2.45. The van der Waals surface area contributed by atoms with Crippen molar-refractivity contribution in [3.8, 4) is 11.4 Å². The SMILES string of the molecule is CCNCc1nnnn1-c1cc(OC)ccc1Br. The Balaban J connectivity index is 2.38. The smallest absolute Gasteiger partial charge is 0.170 e. The van der Waals surface area contributed by atoms with Gasteiger partial charge in [-0.05, 0) is 45.0 Å². The van der Waals surface area contributed by atoms with Gasteiger partial charge in [0.25, 0.3) is 0 Å². The van der Waals surface area contributed by atoms with Gasteiger partial charge in [0.15, 0.2) is 5.82 Å². The summed E-state index contributed by atoms with van der Waals surface area (Å²) in [5.74, 6) is 1.52. The molecule has 6 nitrogen and oxygen atoms in total. The summed E-state index contributed by atoms with van der Waals surface area (Å²) in [7, 11) is 1.63. The molecule has 0 saturated carbocycles. The minimum Gasteiger partial charge on any atom is -0.497 e. The third kappa shape index (κ3) is 2.68. The Labute approximate surface area is 113 Å². The second-order valence-corrected chi connectivity index (χ2v) is 4.46. The van der Waals surface area contributed by atoms with Crippen molar-refractivity contribution in [1.29, 1.82) is 0 Å². The van der Waals surface area contributed by atoms with Gasteiger partial charge in [0.2, 0.25) is 0 Å². The molecule has 0 radical (unpaired) electrons. The quantitative estimate of drug-likeness (QED) is 0.907. The number of hydrogen-bond donors (Lipinski definition) is 1. The largest absolute Gasteiger partial charge is 0.497 e. The van der Waals surface area contributed by atoms with Gasteiger partial charge in [-0.3, -0.25) is 0 Å². The van der Waals surface area contributed by atoms with Gasteiger partial charge in [-0.15, -0.1) is 5.10 Å². The van der Waals surface area contributed by atoms with E-state index in [1.165, 1.54) is 0 Å². The number of aromatic nitrogens is 4. The molecule has 2 rings (SSSR count). The molecule has 0 fully saturated rings. The van der Waals surface area contributed by atoms with Crippen LogP contribution in [0.2, 0.25) is 0 Å². The van der Waals surface area contributed by atoms with E-state index >= 15 is 0 Å². The molecule has 7 heteroatoms. The van der Waals surface area contributed by atoms with Crippen LogP contribution in [0.25, 0.3) is 5.69 Å². The van der Waals surface area contributed by atoms with Crippen molar-refractivity contribution in [1.82, 2.24) is 25.5 Å². The molecule has 0 unspecified atom stereocenters. The summed E-state index contributed by atoms with van der Waals surface area (Å²) >= 11 is 3.49. The second-order valence-electron chi connectivity index (χ2n) is 3.60. The average Bonchev–Trinajstić information content (AvgIpc) is 2.85. The summed E-state index contributed by atoms with van der Waals surface area (Å²) in [4.78, 5) is 0. The number of ether oxygens (including phenoxy) is 1. The first-order chi connectivity index (χ1) is 8.76. The normalized spacial score (nSPS) is 10.6. The van der Waals surface area contributed by atoms with Gasteiger partial charge in [0.05, 0.1) is 19.3 Å². The van der Waals surface area contributed by atoms with Crippen LogP contribution in [-0.2, 0) is 6.54 Å². The molecule has 0 bridgehead atoms. The van der Waals surface area contributed by atoms with E-state index in [1.54, 1.807) is 11.8 Å². The lowest BCUT2D eigenvalue weighted by Gasteiger charge is -2.08. The summed E-state index contributed by atoms with van der Waals surface area (Å²) < 4.78 is 7.81. The van der Waals surface area contributed by atoms with Crippen LogP contribution in [0.4, 0.5) is 0 Å². The van der Waals surface area contributed by atoms with Crippen LogP contribution in [-0.4, -0.2) is 33.9 Å². The lowest BCUT2D eigenvalue weighted by atomic mass is 10.3. The van der Waals surface area contributed by atoms with E-state index in [1.807, 2.05) is 25.1 Å².